The molecule has 4 rings (SSSR count). The van der Waals surface area contributed by atoms with Gasteiger partial charge in [0.25, 0.3) is 5.91 Å². The Balaban J connectivity index is 1.58. The van der Waals surface area contributed by atoms with Crippen LogP contribution in [0.3, 0.4) is 0 Å². The van der Waals surface area contributed by atoms with Crippen molar-refractivity contribution in [1.82, 2.24) is 10.6 Å². The number of sulfone groups is 1. The van der Waals surface area contributed by atoms with Crippen LogP contribution in [0.4, 0.5) is 10.5 Å². The number of carboxylic acid groups (broad SMARTS) is 1. The van der Waals surface area contributed by atoms with E-state index in [1.165, 1.54) is 18.1 Å². The second-order valence-electron chi connectivity index (χ2n) is 10.4. The van der Waals surface area contributed by atoms with E-state index in [0.717, 1.165) is 42.2 Å². The fraction of sp³-hybridized carbons (Fsp3) is 0.281. The molecule has 1 unspecified atom stereocenters. The number of hydrogen-bond donors (Lipinski definition) is 4. The van der Waals surface area contributed by atoms with Crippen molar-refractivity contribution in [2.75, 3.05) is 18.1 Å². The van der Waals surface area contributed by atoms with Crippen molar-refractivity contribution in [3.8, 4) is 0 Å². The summed E-state index contributed by atoms with van der Waals surface area (Å²) in [4.78, 5) is 36.5. The third-order valence-corrected chi connectivity index (χ3v) is 8.40. The largest absolute Gasteiger partial charge is 0.481 e. The number of aliphatic carboxylic acids is 1. The second-order valence-corrected chi connectivity index (χ2v) is 12.4. The molecule has 3 aromatic rings. The lowest BCUT2D eigenvalue weighted by atomic mass is 9.91. The van der Waals surface area contributed by atoms with Gasteiger partial charge in [0.15, 0.2) is 9.84 Å². The van der Waals surface area contributed by atoms with Gasteiger partial charge in [-0.3, -0.25) is 9.59 Å². The predicted molar refractivity (Wildman–Crippen MR) is 162 cm³/mol. The van der Waals surface area contributed by atoms with Crippen LogP contribution in [0.5, 0.6) is 0 Å². The highest BCUT2D eigenvalue weighted by Gasteiger charge is 2.20. The van der Waals surface area contributed by atoms with Crippen molar-refractivity contribution in [3.05, 3.63) is 101 Å². The Bertz CT molecular complexity index is 1600. The van der Waals surface area contributed by atoms with Gasteiger partial charge in [-0.15, -0.1) is 0 Å². The quantitative estimate of drug-likeness (QED) is 0.247. The number of carbonyl (C=O) groups is 3. The number of urea groups is 1. The normalized spacial score (nSPS) is 13.9. The topological polar surface area (TPSA) is 142 Å². The minimum atomic E-state index is -3.47. The monoisotopic (exact) mass is 589 g/mol. The summed E-state index contributed by atoms with van der Waals surface area (Å²) in [5, 5.41) is 17.1. The van der Waals surface area contributed by atoms with Crippen LogP contribution in [0.1, 0.15) is 70.8 Å². The fourth-order valence-corrected chi connectivity index (χ4v) is 5.93. The van der Waals surface area contributed by atoms with E-state index in [0.29, 0.717) is 16.8 Å². The van der Waals surface area contributed by atoms with E-state index >= 15 is 0 Å². The van der Waals surface area contributed by atoms with Gasteiger partial charge in [0, 0.05) is 24.1 Å². The van der Waals surface area contributed by atoms with Crippen LogP contribution in [-0.4, -0.2) is 44.2 Å². The minimum absolute atomic E-state index is 0.0170. The molecule has 0 radical (unpaired) electrons. The zero-order chi connectivity index (χ0) is 30.3. The molecule has 220 valence electrons. The molecule has 0 saturated carbocycles. The van der Waals surface area contributed by atoms with E-state index in [1.54, 1.807) is 43.3 Å². The summed E-state index contributed by atoms with van der Waals surface area (Å²) in [5.74, 6) is -1.39. The number of carbonyl (C=O) groups excluding carboxylic acids is 2. The van der Waals surface area contributed by atoms with E-state index in [2.05, 4.69) is 22.0 Å². The number of aryl methyl sites for hydroxylation is 1. The van der Waals surface area contributed by atoms with Crippen LogP contribution < -0.4 is 16.0 Å². The van der Waals surface area contributed by atoms with Gasteiger partial charge in [0.1, 0.15) is 0 Å². The van der Waals surface area contributed by atoms with E-state index < -0.39 is 33.8 Å². The number of hydrogen-bond acceptors (Lipinski definition) is 5. The highest BCUT2D eigenvalue weighted by atomic mass is 32.2. The lowest BCUT2D eigenvalue weighted by molar-refractivity contribution is -0.136. The van der Waals surface area contributed by atoms with Gasteiger partial charge in [-0.2, -0.15) is 0 Å². The van der Waals surface area contributed by atoms with Crippen LogP contribution in [-0.2, 0) is 14.6 Å². The smallest absolute Gasteiger partial charge is 0.319 e. The maximum atomic E-state index is 13.2. The summed E-state index contributed by atoms with van der Waals surface area (Å²) in [6, 6.07) is 18.4. The number of anilines is 1. The van der Waals surface area contributed by atoms with Crippen LogP contribution in [0.2, 0.25) is 0 Å². The molecule has 3 aromatic carbocycles. The van der Waals surface area contributed by atoms with E-state index in [-0.39, 0.29) is 17.9 Å². The van der Waals surface area contributed by atoms with Crippen LogP contribution in [0, 0.1) is 6.92 Å². The number of rotatable bonds is 10. The summed E-state index contributed by atoms with van der Waals surface area (Å²) in [5.41, 5.74) is 5.28. The zero-order valence-electron chi connectivity index (χ0n) is 23.6. The maximum Gasteiger partial charge on any atom is 0.319 e. The first-order valence-corrected chi connectivity index (χ1v) is 15.7. The molecular weight excluding hydrogens is 554 g/mol. The molecule has 10 heteroatoms. The Kier molecular flexibility index (Phi) is 9.80. The summed E-state index contributed by atoms with van der Waals surface area (Å²) in [6.45, 7) is 1.71. The molecule has 0 saturated heterocycles. The van der Waals surface area contributed by atoms with Gasteiger partial charge in [-0.25, -0.2) is 13.2 Å². The number of allylic oxidation sites excluding steroid dienone is 2. The number of benzene rings is 3. The van der Waals surface area contributed by atoms with Crippen molar-refractivity contribution in [2.24, 2.45) is 0 Å². The molecular formula is C32H35N3O6S. The number of carboxylic acids is 1. The molecule has 0 aliphatic heterocycles. The van der Waals surface area contributed by atoms with E-state index in [1.807, 2.05) is 24.3 Å². The van der Waals surface area contributed by atoms with Gasteiger partial charge in [0.2, 0.25) is 0 Å². The molecule has 1 aliphatic rings. The molecule has 0 spiro atoms. The molecule has 1 aliphatic carbocycles. The summed E-state index contributed by atoms with van der Waals surface area (Å²) < 4.78 is 24.3. The summed E-state index contributed by atoms with van der Waals surface area (Å²) >= 11 is 0. The summed E-state index contributed by atoms with van der Waals surface area (Å²) in [6.07, 6.45) is 7.68. The highest BCUT2D eigenvalue weighted by Crippen LogP contribution is 2.29. The van der Waals surface area contributed by atoms with Crippen LogP contribution >= 0.6 is 0 Å². The van der Waals surface area contributed by atoms with Crippen molar-refractivity contribution < 1.29 is 27.9 Å². The van der Waals surface area contributed by atoms with Crippen molar-refractivity contribution >= 4 is 39.0 Å². The minimum Gasteiger partial charge on any atom is -0.481 e. The third-order valence-electron chi connectivity index (χ3n) is 7.16. The average Bonchev–Trinajstić information content (AvgIpc) is 2.97. The van der Waals surface area contributed by atoms with Crippen molar-refractivity contribution in [2.45, 2.75) is 50.0 Å². The van der Waals surface area contributed by atoms with Crippen molar-refractivity contribution in [3.63, 3.8) is 0 Å². The van der Waals surface area contributed by atoms with Gasteiger partial charge in [0.05, 0.1) is 17.4 Å². The van der Waals surface area contributed by atoms with Gasteiger partial charge in [-0.1, -0.05) is 48.5 Å². The Labute approximate surface area is 246 Å². The summed E-state index contributed by atoms with van der Waals surface area (Å²) in [7, 11) is -3.47. The van der Waals surface area contributed by atoms with Gasteiger partial charge < -0.3 is 21.1 Å². The molecule has 42 heavy (non-hydrogen) atoms. The first-order valence-electron chi connectivity index (χ1n) is 13.8. The third kappa shape index (κ3) is 8.07. The zero-order valence-corrected chi connectivity index (χ0v) is 24.5. The predicted octanol–water partition coefficient (Wildman–Crippen LogP) is 5.47. The van der Waals surface area contributed by atoms with E-state index in [4.69, 9.17) is 5.11 Å². The molecule has 9 nitrogen and oxygen atoms in total. The Morgan fingerprint density at radius 2 is 1.60 bits per heavy atom. The van der Waals surface area contributed by atoms with Gasteiger partial charge >= 0.3 is 12.0 Å². The Morgan fingerprint density at radius 1 is 0.929 bits per heavy atom. The molecule has 0 aromatic heterocycles. The fourth-order valence-electron chi connectivity index (χ4n) is 4.94. The van der Waals surface area contributed by atoms with Crippen LogP contribution in [0.15, 0.2) is 77.7 Å². The van der Waals surface area contributed by atoms with Crippen molar-refractivity contribution in [1.29, 1.82) is 0 Å². The molecule has 4 N–H and O–H groups in total. The van der Waals surface area contributed by atoms with Crippen LogP contribution in [0.25, 0.3) is 5.57 Å². The first kappa shape index (κ1) is 30.5. The number of nitrogens with one attached hydrogen (secondary N) is 3. The SMILES string of the molecule is Cc1ccc(NC(=O)NC(c2ccc(C(=O)NCCC(=O)O)cc2)c2ccc(C3=CCCCC3)cc2)cc1S(C)(=O)=O. The molecule has 1 atom stereocenters. The lowest BCUT2D eigenvalue weighted by Gasteiger charge is -2.22. The van der Waals surface area contributed by atoms with E-state index in [9.17, 15) is 22.8 Å². The molecule has 0 bridgehead atoms. The molecule has 0 heterocycles. The van der Waals surface area contributed by atoms with Gasteiger partial charge in [-0.05, 0) is 84.7 Å². The lowest BCUT2D eigenvalue weighted by Crippen LogP contribution is -2.33. The molecule has 0 fully saturated rings. The number of amides is 3. The Hall–Kier alpha value is -4.44. The standard InChI is InChI=1S/C32H35N3O6S/c1-21-8-17-27(20-28(21)42(2,40)41)34-32(39)35-30(24-11-9-23(10-12-24)22-6-4-3-5-7-22)25-13-15-26(16-14-25)31(38)33-19-18-29(36)37/h6,8-17,20,30H,3-5,7,18-19H2,1-2H3,(H,33,38)(H,36,37)(H2,34,35,39). The molecule has 3 amide bonds. The Morgan fingerprint density at radius 3 is 2.19 bits per heavy atom. The highest BCUT2D eigenvalue weighted by molar-refractivity contribution is 7.90. The maximum absolute atomic E-state index is 13.2. The average molecular weight is 590 g/mol. The first-order chi connectivity index (χ1) is 20.0. The second kappa shape index (κ2) is 13.5.